The van der Waals surface area contributed by atoms with Gasteiger partial charge in [-0.25, -0.2) is 0 Å². The van der Waals surface area contributed by atoms with Crippen LogP contribution in [0.15, 0.2) is 35.7 Å². The van der Waals surface area contributed by atoms with Gasteiger partial charge >= 0.3 is 0 Å². The zero-order valence-corrected chi connectivity index (χ0v) is 17.6. The maximum atomic E-state index is 13.1. The topological polar surface area (TPSA) is 52.7 Å². The number of amides is 2. The molecular weight excluding hydrogens is 358 g/mol. The van der Waals surface area contributed by atoms with Crippen LogP contribution in [0.3, 0.4) is 0 Å². The van der Waals surface area contributed by atoms with Gasteiger partial charge in [-0.15, -0.1) is 11.3 Å². The van der Waals surface area contributed by atoms with Gasteiger partial charge < -0.3 is 15.1 Å². The Kier molecular flexibility index (Phi) is 7.42. The molecule has 2 aromatic rings. The molecule has 0 unspecified atom stereocenters. The first-order chi connectivity index (χ1) is 12.9. The third kappa shape index (κ3) is 5.32. The fourth-order valence-corrected chi connectivity index (χ4v) is 3.53. The number of carbonyl (C=O) groups is 2. The second kappa shape index (κ2) is 9.55. The van der Waals surface area contributed by atoms with E-state index >= 15 is 0 Å². The molecule has 0 radical (unpaired) electrons. The number of carbonyl (C=O) groups excluding carboxylic acids is 2. The molecule has 0 aliphatic heterocycles. The fraction of sp³-hybridized carbons (Fsp3) is 0.429. The molecule has 2 amide bonds. The van der Waals surface area contributed by atoms with Crippen LogP contribution in [0.5, 0.6) is 0 Å². The van der Waals surface area contributed by atoms with Crippen molar-refractivity contribution in [1.29, 1.82) is 0 Å². The molecule has 146 valence electrons. The van der Waals surface area contributed by atoms with Crippen molar-refractivity contribution in [3.8, 4) is 0 Å². The molecule has 0 bridgehead atoms. The van der Waals surface area contributed by atoms with Crippen LogP contribution in [-0.4, -0.2) is 36.9 Å². The quantitative estimate of drug-likeness (QED) is 0.720. The summed E-state index contributed by atoms with van der Waals surface area (Å²) < 4.78 is 0. The van der Waals surface area contributed by atoms with Gasteiger partial charge in [0.2, 0.25) is 5.91 Å². The number of nitrogens with one attached hydrogen (secondary N) is 1. The molecule has 1 atom stereocenters. The van der Waals surface area contributed by atoms with Gasteiger partial charge in [0.05, 0.1) is 4.88 Å². The molecule has 0 aliphatic carbocycles. The number of rotatable bonds is 8. The zero-order valence-electron chi connectivity index (χ0n) is 16.8. The van der Waals surface area contributed by atoms with E-state index in [1.54, 1.807) is 0 Å². The van der Waals surface area contributed by atoms with Gasteiger partial charge in [0.1, 0.15) is 0 Å². The lowest BCUT2D eigenvalue weighted by molar-refractivity contribution is -0.115. The molecule has 6 heteroatoms. The monoisotopic (exact) mass is 387 g/mol. The molecular formula is C21H29N3O2S. The van der Waals surface area contributed by atoms with E-state index in [0.29, 0.717) is 13.0 Å². The van der Waals surface area contributed by atoms with Gasteiger partial charge in [0.25, 0.3) is 5.91 Å². The highest BCUT2D eigenvalue weighted by Crippen LogP contribution is 2.27. The van der Waals surface area contributed by atoms with Crippen LogP contribution >= 0.6 is 11.3 Å². The maximum Gasteiger partial charge on any atom is 0.264 e. The number of hydrogen-bond acceptors (Lipinski definition) is 4. The summed E-state index contributed by atoms with van der Waals surface area (Å²) in [6, 6.07) is 9.75. The second-order valence-corrected chi connectivity index (χ2v) is 7.75. The Labute approximate surface area is 166 Å². The van der Waals surface area contributed by atoms with E-state index in [4.69, 9.17) is 0 Å². The lowest BCUT2D eigenvalue weighted by atomic mass is 10.1. The van der Waals surface area contributed by atoms with Gasteiger partial charge in [-0.2, -0.15) is 0 Å². The van der Waals surface area contributed by atoms with E-state index < -0.39 is 0 Å². The Morgan fingerprint density at radius 1 is 1.19 bits per heavy atom. The molecule has 2 rings (SSSR count). The van der Waals surface area contributed by atoms with E-state index in [0.717, 1.165) is 28.2 Å². The van der Waals surface area contributed by atoms with Crippen LogP contribution in [0.4, 0.5) is 11.4 Å². The third-order valence-electron chi connectivity index (χ3n) is 4.62. The molecule has 1 N–H and O–H groups in total. The Balaban J connectivity index is 2.38. The van der Waals surface area contributed by atoms with E-state index in [1.165, 1.54) is 11.3 Å². The third-order valence-corrected chi connectivity index (χ3v) is 5.48. The Morgan fingerprint density at radius 2 is 1.93 bits per heavy atom. The van der Waals surface area contributed by atoms with E-state index in [2.05, 4.69) is 19.2 Å². The lowest BCUT2D eigenvalue weighted by Crippen LogP contribution is -2.37. The van der Waals surface area contributed by atoms with Crippen molar-refractivity contribution >= 4 is 34.5 Å². The van der Waals surface area contributed by atoms with Crippen molar-refractivity contribution < 1.29 is 9.59 Å². The fourth-order valence-electron chi connectivity index (χ4n) is 2.85. The summed E-state index contributed by atoms with van der Waals surface area (Å²) in [5, 5.41) is 4.84. The first-order valence-electron chi connectivity index (χ1n) is 9.31. The van der Waals surface area contributed by atoms with Crippen molar-refractivity contribution in [2.45, 2.75) is 46.2 Å². The Bertz CT molecular complexity index is 772. The highest BCUT2D eigenvalue weighted by atomic mass is 32.1. The highest BCUT2D eigenvalue weighted by molar-refractivity contribution is 7.12. The number of thiophene rings is 1. The largest absolute Gasteiger partial charge is 0.377 e. The van der Waals surface area contributed by atoms with Gasteiger partial charge in [-0.1, -0.05) is 19.9 Å². The van der Waals surface area contributed by atoms with E-state index in [1.807, 2.05) is 66.5 Å². The summed E-state index contributed by atoms with van der Waals surface area (Å²) in [6.45, 7) is 6.48. The van der Waals surface area contributed by atoms with E-state index in [-0.39, 0.29) is 17.9 Å². The SMILES string of the molecule is CCC(=O)Nc1ccc(N(C)C)c(CN(C(=O)c2cccs2)[C@@H](C)CC)c1. The lowest BCUT2D eigenvalue weighted by Gasteiger charge is -2.30. The van der Waals surface area contributed by atoms with Gasteiger partial charge in [0.15, 0.2) is 0 Å². The number of benzene rings is 1. The van der Waals surface area contributed by atoms with Gasteiger partial charge in [0, 0.05) is 44.5 Å². The predicted octanol–water partition coefficient (Wildman–Crippen LogP) is 4.60. The summed E-state index contributed by atoms with van der Waals surface area (Å²) in [5.74, 6) is 0.0269. The molecule has 5 nitrogen and oxygen atoms in total. The molecule has 0 spiro atoms. The molecule has 1 aromatic carbocycles. The minimum atomic E-state index is -0.0213. The molecule has 0 saturated carbocycles. The van der Waals surface area contributed by atoms with E-state index in [9.17, 15) is 9.59 Å². The van der Waals surface area contributed by atoms with Crippen molar-refractivity contribution in [3.63, 3.8) is 0 Å². The van der Waals surface area contributed by atoms with Crippen LogP contribution < -0.4 is 10.2 Å². The predicted molar refractivity (Wildman–Crippen MR) is 114 cm³/mol. The first-order valence-corrected chi connectivity index (χ1v) is 10.2. The molecule has 27 heavy (non-hydrogen) atoms. The first kappa shape index (κ1) is 21.0. The summed E-state index contributed by atoms with van der Waals surface area (Å²) in [7, 11) is 3.97. The Morgan fingerprint density at radius 3 is 2.48 bits per heavy atom. The maximum absolute atomic E-state index is 13.1. The zero-order chi connectivity index (χ0) is 20.0. The molecule has 0 saturated heterocycles. The van der Waals surface area contributed by atoms with Crippen LogP contribution in [0.2, 0.25) is 0 Å². The minimum Gasteiger partial charge on any atom is -0.377 e. The smallest absolute Gasteiger partial charge is 0.264 e. The van der Waals surface area contributed by atoms with Crippen molar-refractivity contribution in [3.05, 3.63) is 46.2 Å². The second-order valence-electron chi connectivity index (χ2n) is 6.81. The van der Waals surface area contributed by atoms with Gasteiger partial charge in [-0.3, -0.25) is 9.59 Å². The average Bonchev–Trinajstić information content (AvgIpc) is 3.19. The summed E-state index contributed by atoms with van der Waals surface area (Å²) in [4.78, 5) is 29.5. The molecule has 0 aliphatic rings. The summed E-state index contributed by atoms with van der Waals surface area (Å²) in [6.07, 6.45) is 1.31. The average molecular weight is 388 g/mol. The van der Waals surface area contributed by atoms with Crippen molar-refractivity contribution in [1.82, 2.24) is 4.90 Å². The van der Waals surface area contributed by atoms with Crippen LogP contribution in [-0.2, 0) is 11.3 Å². The van der Waals surface area contributed by atoms with Crippen molar-refractivity contribution in [2.24, 2.45) is 0 Å². The molecule has 1 heterocycles. The number of nitrogens with zero attached hydrogens (tertiary/aromatic N) is 2. The standard InChI is InChI=1S/C21H29N3O2S/c1-6-15(3)24(21(26)19-9-8-12-27-19)14-16-13-17(22-20(25)7-2)10-11-18(16)23(4)5/h8-13,15H,6-7,14H2,1-5H3,(H,22,25)/t15-/m0/s1. The van der Waals surface area contributed by atoms with Crippen LogP contribution in [0.1, 0.15) is 48.8 Å². The minimum absolute atomic E-state index is 0.0213. The van der Waals surface area contributed by atoms with Crippen molar-refractivity contribution in [2.75, 3.05) is 24.3 Å². The summed E-state index contributed by atoms with van der Waals surface area (Å²) in [5.41, 5.74) is 2.81. The molecule has 1 aromatic heterocycles. The highest BCUT2D eigenvalue weighted by Gasteiger charge is 2.23. The van der Waals surface area contributed by atoms with Gasteiger partial charge in [-0.05, 0) is 48.6 Å². The number of hydrogen-bond donors (Lipinski definition) is 1. The number of anilines is 2. The Hall–Kier alpha value is -2.34. The normalized spacial score (nSPS) is 11.7. The van der Waals surface area contributed by atoms with Crippen LogP contribution in [0.25, 0.3) is 0 Å². The summed E-state index contributed by atoms with van der Waals surface area (Å²) >= 11 is 1.46. The molecule has 0 fully saturated rings. The van der Waals surface area contributed by atoms with Crippen LogP contribution in [0, 0.1) is 0 Å².